The van der Waals surface area contributed by atoms with Crippen LogP contribution in [0.4, 0.5) is 0 Å². The van der Waals surface area contributed by atoms with Gasteiger partial charge in [-0.25, -0.2) is 0 Å². The normalized spacial score (nSPS) is 18.6. The number of ether oxygens (including phenoxy) is 9. The van der Waals surface area contributed by atoms with Crippen LogP contribution in [0.25, 0.3) is 0 Å². The van der Waals surface area contributed by atoms with E-state index in [1.165, 1.54) is 0 Å². The molecule has 6 rings (SSSR count). The summed E-state index contributed by atoms with van der Waals surface area (Å²) in [4.78, 5) is 0. The molecule has 0 N–H and O–H groups in total. The first-order chi connectivity index (χ1) is 23.2. The van der Waals surface area contributed by atoms with Gasteiger partial charge in [0.15, 0.2) is 18.9 Å². The van der Waals surface area contributed by atoms with Crippen molar-refractivity contribution in [2.24, 2.45) is 0 Å². The maximum Gasteiger partial charge on any atom is 0.160 e. The van der Waals surface area contributed by atoms with Crippen LogP contribution in [0.5, 0.6) is 17.2 Å². The van der Waals surface area contributed by atoms with Gasteiger partial charge < -0.3 is 42.6 Å². The Kier molecular flexibility index (Phi) is 12.4. The lowest BCUT2D eigenvalue weighted by molar-refractivity contribution is -0.183. The lowest BCUT2D eigenvalue weighted by atomic mass is 9.71. The van der Waals surface area contributed by atoms with Gasteiger partial charge in [0.05, 0.1) is 59.5 Å². The zero-order valence-corrected chi connectivity index (χ0v) is 27.4. The minimum atomic E-state index is -0.451. The number of hydrogen-bond acceptors (Lipinski definition) is 9. The predicted molar refractivity (Wildman–Crippen MR) is 176 cm³/mol. The molecular weight excluding hydrogens is 600 g/mol. The molecule has 3 aromatic carbocycles. The lowest BCUT2D eigenvalue weighted by Crippen LogP contribution is -2.27. The van der Waals surface area contributed by atoms with Gasteiger partial charge in [0.1, 0.15) is 17.2 Å². The van der Waals surface area contributed by atoms with E-state index >= 15 is 0 Å². The average Bonchev–Trinajstić information content (AvgIpc) is 3.13. The van der Waals surface area contributed by atoms with Crippen LogP contribution in [0.3, 0.4) is 0 Å². The van der Waals surface area contributed by atoms with E-state index in [9.17, 15) is 0 Å². The quantitative estimate of drug-likeness (QED) is 0.169. The second-order valence-electron chi connectivity index (χ2n) is 12.2. The van der Waals surface area contributed by atoms with Gasteiger partial charge in [-0.05, 0) is 79.3 Å². The van der Waals surface area contributed by atoms with Gasteiger partial charge in [-0.2, -0.15) is 0 Å². The molecule has 0 atom stereocenters. The molecule has 9 nitrogen and oxygen atoms in total. The molecule has 3 saturated heterocycles. The molecule has 0 spiro atoms. The molecule has 47 heavy (non-hydrogen) atoms. The highest BCUT2D eigenvalue weighted by Crippen LogP contribution is 2.40. The SMILES string of the molecule is CC(c1ccc(OCCC2OCCCO2)cc1)(c1ccc(OCCC2OCCCO2)cc1)c1ccc(OCCC2OCCCO2)cc1. The Balaban J connectivity index is 1.13. The third-order valence-corrected chi connectivity index (χ3v) is 8.85. The largest absolute Gasteiger partial charge is 0.493 e. The smallest absolute Gasteiger partial charge is 0.160 e. The van der Waals surface area contributed by atoms with E-state index in [-0.39, 0.29) is 18.9 Å². The second-order valence-corrected chi connectivity index (χ2v) is 12.2. The molecule has 3 aliphatic heterocycles. The molecule has 3 heterocycles. The van der Waals surface area contributed by atoms with Crippen LogP contribution in [-0.2, 0) is 33.8 Å². The highest BCUT2D eigenvalue weighted by atomic mass is 16.7. The summed E-state index contributed by atoms with van der Waals surface area (Å²) in [5, 5.41) is 0. The van der Waals surface area contributed by atoms with Crippen LogP contribution in [-0.4, -0.2) is 78.3 Å². The van der Waals surface area contributed by atoms with Gasteiger partial charge in [-0.3, -0.25) is 0 Å². The standard InChI is InChI=1S/C38H48O9/c1-38(29-5-11-32(12-6-29)39-26-17-35-42-20-2-21-43-35,30-7-13-33(14-8-30)40-27-18-36-44-22-3-23-45-36)31-9-15-34(16-10-31)41-28-19-37-46-24-4-25-47-37/h5-16,35-37H,2-4,17-28H2,1H3. The molecule has 0 bridgehead atoms. The maximum absolute atomic E-state index is 6.05. The van der Waals surface area contributed by atoms with Crippen LogP contribution < -0.4 is 14.2 Å². The van der Waals surface area contributed by atoms with Crippen molar-refractivity contribution in [1.29, 1.82) is 0 Å². The van der Waals surface area contributed by atoms with Crippen LogP contribution in [0.15, 0.2) is 72.8 Å². The number of hydrogen-bond donors (Lipinski definition) is 0. The molecule has 0 aliphatic carbocycles. The van der Waals surface area contributed by atoms with E-state index in [1.807, 2.05) is 36.4 Å². The molecule has 9 heteroatoms. The van der Waals surface area contributed by atoms with Gasteiger partial charge in [0.2, 0.25) is 0 Å². The third kappa shape index (κ3) is 9.47. The summed E-state index contributed by atoms with van der Waals surface area (Å²) in [7, 11) is 0. The highest BCUT2D eigenvalue weighted by molar-refractivity contribution is 5.52. The summed E-state index contributed by atoms with van der Waals surface area (Å²) in [6.45, 7) is 8.30. The van der Waals surface area contributed by atoms with E-state index in [1.54, 1.807) is 0 Å². The third-order valence-electron chi connectivity index (χ3n) is 8.85. The molecule has 3 aromatic rings. The highest BCUT2D eigenvalue weighted by Gasteiger charge is 2.31. The minimum absolute atomic E-state index is 0.187. The summed E-state index contributed by atoms with van der Waals surface area (Å²) >= 11 is 0. The van der Waals surface area contributed by atoms with Crippen LogP contribution >= 0.6 is 0 Å². The van der Waals surface area contributed by atoms with Crippen molar-refractivity contribution in [3.05, 3.63) is 89.5 Å². The Labute approximate surface area is 278 Å². The molecule has 0 amide bonds. The van der Waals surface area contributed by atoms with Crippen LogP contribution in [0.1, 0.15) is 62.1 Å². The molecule has 3 aliphatic rings. The van der Waals surface area contributed by atoms with Crippen LogP contribution in [0, 0.1) is 0 Å². The van der Waals surface area contributed by atoms with Crippen molar-refractivity contribution in [1.82, 2.24) is 0 Å². The van der Waals surface area contributed by atoms with E-state index in [4.69, 9.17) is 42.6 Å². The Hall–Kier alpha value is -3.18. The molecule has 254 valence electrons. The first-order valence-electron chi connectivity index (χ1n) is 17.1. The van der Waals surface area contributed by atoms with Gasteiger partial charge in [0, 0.05) is 24.7 Å². The monoisotopic (exact) mass is 648 g/mol. The Morgan fingerprint density at radius 3 is 0.957 bits per heavy atom. The first kappa shape index (κ1) is 33.7. The first-order valence-corrected chi connectivity index (χ1v) is 17.1. The number of rotatable bonds is 15. The molecule has 0 saturated carbocycles. The Morgan fingerprint density at radius 2 is 0.702 bits per heavy atom. The summed E-state index contributed by atoms with van der Waals surface area (Å²) in [5.74, 6) is 2.45. The predicted octanol–water partition coefficient (Wildman–Crippen LogP) is 6.64. The summed E-state index contributed by atoms with van der Waals surface area (Å²) in [5.41, 5.74) is 2.98. The van der Waals surface area contributed by atoms with Gasteiger partial charge >= 0.3 is 0 Å². The van der Waals surface area contributed by atoms with Crippen molar-refractivity contribution in [2.45, 2.75) is 69.7 Å². The van der Waals surface area contributed by atoms with E-state index < -0.39 is 5.41 Å². The van der Waals surface area contributed by atoms with E-state index in [2.05, 4.69) is 43.3 Å². The fourth-order valence-corrected chi connectivity index (χ4v) is 6.08. The summed E-state index contributed by atoms with van der Waals surface area (Å²) in [6.07, 6.45) is 4.37. The molecule has 0 radical (unpaired) electrons. The second kappa shape index (κ2) is 17.3. The van der Waals surface area contributed by atoms with Crippen molar-refractivity contribution >= 4 is 0 Å². The molecule has 0 aromatic heterocycles. The molecule has 3 fully saturated rings. The lowest BCUT2D eigenvalue weighted by Gasteiger charge is -2.32. The minimum Gasteiger partial charge on any atom is -0.493 e. The maximum atomic E-state index is 6.05. The summed E-state index contributed by atoms with van der Waals surface area (Å²) < 4.78 is 52.1. The van der Waals surface area contributed by atoms with Crippen LogP contribution in [0.2, 0.25) is 0 Å². The fraction of sp³-hybridized carbons (Fsp3) is 0.526. The van der Waals surface area contributed by atoms with Crippen molar-refractivity contribution in [2.75, 3.05) is 59.5 Å². The average molecular weight is 649 g/mol. The van der Waals surface area contributed by atoms with Gasteiger partial charge in [-0.1, -0.05) is 36.4 Å². The van der Waals surface area contributed by atoms with E-state index in [0.29, 0.717) is 39.1 Å². The molecule has 0 unspecified atom stereocenters. The fourth-order valence-electron chi connectivity index (χ4n) is 6.08. The van der Waals surface area contributed by atoms with Crippen molar-refractivity contribution in [3.8, 4) is 17.2 Å². The topological polar surface area (TPSA) is 83.1 Å². The van der Waals surface area contributed by atoms with Crippen molar-refractivity contribution in [3.63, 3.8) is 0 Å². The summed E-state index contributed by atoms with van der Waals surface area (Å²) in [6, 6.07) is 25.1. The van der Waals surface area contributed by atoms with E-state index in [0.717, 1.165) is 92.8 Å². The van der Waals surface area contributed by atoms with Gasteiger partial charge in [-0.15, -0.1) is 0 Å². The Bertz CT molecular complexity index is 1150. The zero-order valence-electron chi connectivity index (χ0n) is 27.4. The Morgan fingerprint density at radius 1 is 0.447 bits per heavy atom. The molecular formula is C38H48O9. The van der Waals surface area contributed by atoms with Gasteiger partial charge in [0.25, 0.3) is 0 Å². The zero-order chi connectivity index (χ0) is 32.2. The van der Waals surface area contributed by atoms with Crippen molar-refractivity contribution < 1.29 is 42.6 Å². The number of benzene rings is 3.